The van der Waals surface area contributed by atoms with Gasteiger partial charge < -0.3 is 10.5 Å². The summed E-state index contributed by atoms with van der Waals surface area (Å²) in [7, 11) is 0. The van der Waals surface area contributed by atoms with E-state index in [2.05, 4.69) is 0 Å². The smallest absolute Gasteiger partial charge is 0.414 e. The van der Waals surface area contributed by atoms with Crippen molar-refractivity contribution in [3.63, 3.8) is 0 Å². The quantitative estimate of drug-likeness (QED) is 0.846. The number of carbonyl (C=O) groups is 1. The highest BCUT2D eigenvalue weighted by atomic mass is 19.1. The lowest BCUT2D eigenvalue weighted by Crippen LogP contribution is -2.35. The van der Waals surface area contributed by atoms with Crippen LogP contribution >= 0.6 is 0 Å². The van der Waals surface area contributed by atoms with Crippen molar-refractivity contribution >= 4 is 11.8 Å². The predicted molar refractivity (Wildman–Crippen MR) is 57.7 cm³/mol. The summed E-state index contributed by atoms with van der Waals surface area (Å²) in [4.78, 5) is 12.8. The largest absolute Gasteiger partial charge is 0.447 e. The third-order valence-corrected chi connectivity index (χ3v) is 2.57. The van der Waals surface area contributed by atoms with Crippen LogP contribution in [-0.4, -0.2) is 25.3 Å². The second kappa shape index (κ2) is 4.49. The maximum Gasteiger partial charge on any atom is 0.414 e. The molecule has 1 aromatic carbocycles. The Balaban J connectivity index is 2.30. The van der Waals surface area contributed by atoms with Crippen molar-refractivity contribution < 1.29 is 13.9 Å². The summed E-state index contributed by atoms with van der Waals surface area (Å²) in [6.07, 6.45) is 0.0867. The van der Waals surface area contributed by atoms with Gasteiger partial charge in [-0.3, -0.25) is 4.90 Å². The molecule has 1 unspecified atom stereocenters. The zero-order chi connectivity index (χ0) is 11.5. The molecule has 2 rings (SSSR count). The van der Waals surface area contributed by atoms with Gasteiger partial charge in [0.25, 0.3) is 0 Å². The zero-order valence-corrected chi connectivity index (χ0v) is 8.73. The topological polar surface area (TPSA) is 55.6 Å². The number of hydrogen-bond donors (Lipinski definition) is 1. The van der Waals surface area contributed by atoms with Crippen molar-refractivity contribution in [1.82, 2.24) is 0 Å². The van der Waals surface area contributed by atoms with Gasteiger partial charge in [0.15, 0.2) is 0 Å². The van der Waals surface area contributed by atoms with Crippen molar-refractivity contribution in [2.45, 2.75) is 12.5 Å². The van der Waals surface area contributed by atoms with Crippen LogP contribution in [0.25, 0.3) is 0 Å². The van der Waals surface area contributed by atoms with Gasteiger partial charge in [-0.2, -0.15) is 0 Å². The van der Waals surface area contributed by atoms with E-state index in [1.54, 1.807) is 18.2 Å². The number of anilines is 1. The first-order chi connectivity index (χ1) is 7.74. The Morgan fingerprint density at radius 3 is 2.94 bits per heavy atom. The van der Waals surface area contributed by atoms with Crippen LogP contribution in [-0.2, 0) is 4.74 Å². The SMILES string of the molecule is NCCC1COC(=O)N1c1ccccc1F. The summed E-state index contributed by atoms with van der Waals surface area (Å²) in [5.41, 5.74) is 5.70. The summed E-state index contributed by atoms with van der Waals surface area (Å²) in [6.45, 7) is 0.705. The summed E-state index contributed by atoms with van der Waals surface area (Å²) < 4.78 is 18.5. The minimum atomic E-state index is -0.511. The van der Waals surface area contributed by atoms with Gasteiger partial charge >= 0.3 is 6.09 Å². The van der Waals surface area contributed by atoms with Gasteiger partial charge in [0, 0.05) is 0 Å². The van der Waals surface area contributed by atoms with Crippen LogP contribution in [0.3, 0.4) is 0 Å². The molecule has 2 N–H and O–H groups in total. The van der Waals surface area contributed by atoms with E-state index in [0.29, 0.717) is 13.0 Å². The second-order valence-corrected chi connectivity index (χ2v) is 3.63. The molecule has 1 heterocycles. The average molecular weight is 224 g/mol. The fourth-order valence-corrected chi connectivity index (χ4v) is 1.81. The second-order valence-electron chi connectivity index (χ2n) is 3.63. The van der Waals surface area contributed by atoms with Gasteiger partial charge in [0.1, 0.15) is 12.4 Å². The normalized spacial score (nSPS) is 20.0. The predicted octanol–water partition coefficient (Wildman–Crippen LogP) is 1.50. The summed E-state index contributed by atoms with van der Waals surface area (Å²) >= 11 is 0. The molecule has 1 saturated heterocycles. The fourth-order valence-electron chi connectivity index (χ4n) is 1.81. The van der Waals surface area contributed by atoms with E-state index in [4.69, 9.17) is 10.5 Å². The van der Waals surface area contributed by atoms with Gasteiger partial charge in [-0.1, -0.05) is 12.1 Å². The van der Waals surface area contributed by atoms with Crippen LogP contribution in [0.2, 0.25) is 0 Å². The molecule has 0 aliphatic carbocycles. The molecular formula is C11H13FN2O2. The average Bonchev–Trinajstić information content (AvgIpc) is 2.62. The monoisotopic (exact) mass is 224 g/mol. The van der Waals surface area contributed by atoms with Crippen molar-refractivity contribution in [2.75, 3.05) is 18.1 Å². The molecule has 0 saturated carbocycles. The van der Waals surface area contributed by atoms with Crippen LogP contribution < -0.4 is 10.6 Å². The zero-order valence-electron chi connectivity index (χ0n) is 8.73. The number of para-hydroxylation sites is 1. The van der Waals surface area contributed by atoms with E-state index in [-0.39, 0.29) is 18.3 Å². The number of nitrogens with zero attached hydrogens (tertiary/aromatic N) is 1. The van der Waals surface area contributed by atoms with E-state index < -0.39 is 11.9 Å². The Morgan fingerprint density at radius 1 is 1.50 bits per heavy atom. The molecule has 4 nitrogen and oxygen atoms in total. The molecule has 1 aliphatic heterocycles. The highest BCUT2D eigenvalue weighted by Crippen LogP contribution is 2.26. The lowest BCUT2D eigenvalue weighted by atomic mass is 10.2. The molecule has 0 aromatic heterocycles. The standard InChI is InChI=1S/C11H13FN2O2/c12-9-3-1-2-4-10(9)14-8(5-6-13)7-16-11(14)15/h1-4,8H,5-7,13H2. The Morgan fingerprint density at radius 2 is 2.25 bits per heavy atom. The van der Waals surface area contributed by atoms with Crippen LogP contribution in [0.5, 0.6) is 0 Å². The van der Waals surface area contributed by atoms with Gasteiger partial charge in [-0.25, -0.2) is 9.18 Å². The first-order valence-corrected chi connectivity index (χ1v) is 5.14. The lowest BCUT2D eigenvalue weighted by Gasteiger charge is -2.21. The minimum absolute atomic E-state index is 0.172. The van der Waals surface area contributed by atoms with Crippen LogP contribution in [0.1, 0.15) is 6.42 Å². The fraction of sp³-hybridized carbons (Fsp3) is 0.364. The molecule has 0 radical (unpaired) electrons. The maximum atomic E-state index is 13.5. The number of rotatable bonds is 3. The Hall–Kier alpha value is -1.62. The molecule has 1 fully saturated rings. The number of amides is 1. The summed E-state index contributed by atoms with van der Waals surface area (Å²) in [6, 6.07) is 5.97. The molecule has 0 bridgehead atoms. The number of hydrogen-bond acceptors (Lipinski definition) is 3. The van der Waals surface area contributed by atoms with Gasteiger partial charge in [-0.15, -0.1) is 0 Å². The number of benzene rings is 1. The number of nitrogens with two attached hydrogens (primary N) is 1. The third-order valence-electron chi connectivity index (χ3n) is 2.57. The highest BCUT2D eigenvalue weighted by Gasteiger charge is 2.34. The minimum Gasteiger partial charge on any atom is -0.447 e. The van der Waals surface area contributed by atoms with E-state index in [0.717, 1.165) is 0 Å². The number of halogens is 1. The Kier molecular flexibility index (Phi) is 3.05. The molecule has 86 valence electrons. The molecule has 0 spiro atoms. The Labute approximate surface area is 92.8 Å². The molecule has 1 atom stereocenters. The summed E-state index contributed by atoms with van der Waals surface area (Å²) in [5.74, 6) is -0.427. The first kappa shape index (κ1) is 10.9. The van der Waals surface area contributed by atoms with Crippen LogP contribution in [0.4, 0.5) is 14.9 Å². The maximum absolute atomic E-state index is 13.5. The van der Waals surface area contributed by atoms with E-state index in [1.165, 1.54) is 11.0 Å². The number of carbonyl (C=O) groups excluding carboxylic acids is 1. The van der Waals surface area contributed by atoms with E-state index in [1.807, 2.05) is 0 Å². The third kappa shape index (κ3) is 1.86. The molecule has 16 heavy (non-hydrogen) atoms. The molecule has 1 amide bonds. The van der Waals surface area contributed by atoms with Crippen molar-refractivity contribution in [2.24, 2.45) is 5.73 Å². The first-order valence-electron chi connectivity index (χ1n) is 5.14. The van der Waals surface area contributed by atoms with Crippen molar-refractivity contribution in [1.29, 1.82) is 0 Å². The van der Waals surface area contributed by atoms with Crippen molar-refractivity contribution in [3.8, 4) is 0 Å². The Bertz CT molecular complexity index is 397. The molecule has 5 heteroatoms. The van der Waals surface area contributed by atoms with Crippen molar-refractivity contribution in [3.05, 3.63) is 30.1 Å². The number of ether oxygens (including phenoxy) is 1. The molecule has 1 aliphatic rings. The van der Waals surface area contributed by atoms with E-state index in [9.17, 15) is 9.18 Å². The van der Waals surface area contributed by atoms with Crippen LogP contribution in [0, 0.1) is 5.82 Å². The van der Waals surface area contributed by atoms with Gasteiger partial charge in [0.2, 0.25) is 0 Å². The van der Waals surface area contributed by atoms with E-state index >= 15 is 0 Å². The number of cyclic esters (lactones) is 1. The summed E-state index contributed by atoms with van der Waals surface area (Å²) in [5, 5.41) is 0. The van der Waals surface area contributed by atoms with Gasteiger partial charge in [0.05, 0.1) is 11.7 Å². The van der Waals surface area contributed by atoms with Gasteiger partial charge in [-0.05, 0) is 25.1 Å². The molecule has 1 aromatic rings. The lowest BCUT2D eigenvalue weighted by molar-refractivity contribution is 0.178. The van der Waals surface area contributed by atoms with Crippen LogP contribution in [0.15, 0.2) is 24.3 Å². The highest BCUT2D eigenvalue weighted by molar-refractivity contribution is 5.90. The molecular weight excluding hydrogens is 211 g/mol.